The Labute approximate surface area is 120 Å². The van der Waals surface area contributed by atoms with Crippen LogP contribution in [-0.4, -0.2) is 12.0 Å². The highest BCUT2D eigenvalue weighted by molar-refractivity contribution is 6.35. The fourth-order valence-electron chi connectivity index (χ4n) is 1.62. The number of para-hydroxylation sites is 1. The first-order valence-corrected chi connectivity index (χ1v) is 5.71. The third-order valence-electron chi connectivity index (χ3n) is 2.67. The summed E-state index contributed by atoms with van der Waals surface area (Å²) in [7, 11) is 0. The highest BCUT2D eigenvalue weighted by Gasteiger charge is 2.28. The molecule has 0 atom stereocenters. The molecule has 0 aliphatic carbocycles. The Balaban J connectivity index is 2.58. The molecule has 1 N–H and O–H groups in total. The predicted octanol–water partition coefficient (Wildman–Crippen LogP) is 4.01. The second kappa shape index (κ2) is 5.92. The summed E-state index contributed by atoms with van der Waals surface area (Å²) in [4.78, 5) is 11.5. The average Bonchev–Trinajstić information content (AvgIpc) is 2.54. The van der Waals surface area contributed by atoms with Gasteiger partial charge in [0.2, 0.25) is 40.6 Å². The number of hydrogen-bond acceptors (Lipinski definition) is 3. The summed E-state index contributed by atoms with van der Waals surface area (Å²) in [5.74, 6) is -13.8. The Kier molecular flexibility index (Phi) is 4.20. The topological polar surface area (TPSA) is 50.2 Å². The van der Waals surface area contributed by atoms with Gasteiger partial charge in [0, 0.05) is 0 Å². The number of ketones is 1. The zero-order chi connectivity index (χ0) is 16.4. The van der Waals surface area contributed by atoms with Crippen molar-refractivity contribution in [2.45, 2.75) is 0 Å². The highest BCUT2D eigenvalue weighted by atomic mass is 19.2. The third-order valence-corrected chi connectivity index (χ3v) is 2.67. The van der Waals surface area contributed by atoms with E-state index in [1.165, 1.54) is 18.2 Å². The minimum atomic E-state index is -2.31. The molecule has 114 valence electrons. The van der Waals surface area contributed by atoms with Gasteiger partial charge < -0.3 is 10.1 Å². The van der Waals surface area contributed by atoms with Gasteiger partial charge in [-0.25, -0.2) is 13.2 Å². The molecule has 0 saturated heterocycles. The van der Waals surface area contributed by atoms with Crippen LogP contribution < -0.4 is 4.74 Å². The molecular formula is C14H6F5NO2. The van der Waals surface area contributed by atoms with Crippen LogP contribution in [0.4, 0.5) is 22.0 Å². The molecule has 0 unspecified atom stereocenters. The number of benzene rings is 2. The van der Waals surface area contributed by atoms with Crippen LogP contribution in [0, 0.1) is 34.5 Å². The molecule has 0 aliphatic heterocycles. The smallest absolute Gasteiger partial charge is 0.207 e. The Morgan fingerprint density at radius 3 is 1.95 bits per heavy atom. The van der Waals surface area contributed by atoms with Crippen molar-refractivity contribution in [2.75, 3.05) is 0 Å². The van der Waals surface area contributed by atoms with Crippen LogP contribution in [0.3, 0.4) is 0 Å². The Morgan fingerprint density at radius 1 is 0.909 bits per heavy atom. The third kappa shape index (κ3) is 2.54. The van der Waals surface area contributed by atoms with Gasteiger partial charge in [-0.05, 0) is 12.1 Å². The molecule has 22 heavy (non-hydrogen) atoms. The average molecular weight is 315 g/mol. The van der Waals surface area contributed by atoms with E-state index in [2.05, 4.69) is 4.74 Å². The van der Waals surface area contributed by atoms with Crippen molar-refractivity contribution < 1.29 is 31.5 Å². The van der Waals surface area contributed by atoms with Crippen molar-refractivity contribution >= 4 is 12.0 Å². The molecule has 8 heteroatoms. The number of halogens is 5. The lowest BCUT2D eigenvalue weighted by Gasteiger charge is -2.12. The number of hydrogen-bond donors (Lipinski definition) is 1. The predicted molar refractivity (Wildman–Crippen MR) is 65.9 cm³/mol. The summed E-state index contributed by atoms with van der Waals surface area (Å²) in [5, 5.41) is 6.86. The minimum absolute atomic E-state index is 0.263. The van der Waals surface area contributed by atoms with Gasteiger partial charge in [-0.3, -0.25) is 4.79 Å². The molecule has 0 fully saturated rings. The number of ether oxygens (including phenoxy) is 1. The molecular weight excluding hydrogens is 309 g/mol. The molecule has 0 bridgehead atoms. The Morgan fingerprint density at radius 2 is 1.41 bits per heavy atom. The molecule has 2 rings (SSSR count). The molecule has 0 aliphatic rings. The van der Waals surface area contributed by atoms with Gasteiger partial charge in [0.05, 0.1) is 11.8 Å². The highest BCUT2D eigenvalue weighted by Crippen LogP contribution is 2.34. The van der Waals surface area contributed by atoms with E-state index in [9.17, 15) is 26.7 Å². The van der Waals surface area contributed by atoms with Gasteiger partial charge in [-0.2, -0.15) is 8.78 Å². The van der Waals surface area contributed by atoms with Crippen LogP contribution in [0.5, 0.6) is 11.5 Å². The van der Waals surface area contributed by atoms with Crippen molar-refractivity contribution in [3.05, 3.63) is 58.9 Å². The summed E-state index contributed by atoms with van der Waals surface area (Å²) in [6.07, 6.45) is 0.417. The van der Waals surface area contributed by atoms with E-state index in [0.717, 1.165) is 6.07 Å². The van der Waals surface area contributed by atoms with Gasteiger partial charge in [0.25, 0.3) is 0 Å². The molecule has 0 saturated carbocycles. The maximum atomic E-state index is 13.5. The van der Waals surface area contributed by atoms with E-state index in [-0.39, 0.29) is 5.56 Å². The summed E-state index contributed by atoms with van der Waals surface area (Å²) in [6.45, 7) is 0. The quantitative estimate of drug-likeness (QED) is 0.305. The van der Waals surface area contributed by atoms with Gasteiger partial charge in [0.15, 0.2) is 0 Å². The van der Waals surface area contributed by atoms with Crippen LogP contribution in [0.1, 0.15) is 10.4 Å². The van der Waals surface area contributed by atoms with Gasteiger partial charge in [-0.15, -0.1) is 0 Å². The van der Waals surface area contributed by atoms with E-state index in [0.29, 0.717) is 6.21 Å². The zero-order valence-electron chi connectivity index (χ0n) is 10.6. The largest absolute Gasteiger partial charge is 0.450 e. The number of nitrogens with one attached hydrogen (secondary N) is 1. The summed E-state index contributed by atoms with van der Waals surface area (Å²) in [6, 6.07) is 4.97. The maximum Gasteiger partial charge on any atom is 0.207 e. The first kappa shape index (κ1) is 15.6. The van der Waals surface area contributed by atoms with Gasteiger partial charge in [0.1, 0.15) is 5.75 Å². The lowest BCUT2D eigenvalue weighted by Crippen LogP contribution is -2.07. The van der Waals surface area contributed by atoms with Gasteiger partial charge >= 0.3 is 0 Å². The normalized spacial score (nSPS) is 10.4. The van der Waals surface area contributed by atoms with Crippen molar-refractivity contribution in [1.82, 2.24) is 0 Å². The number of carbonyl (C=O) groups excluding carboxylic acids is 1. The second-order valence-electron chi connectivity index (χ2n) is 4.01. The minimum Gasteiger partial charge on any atom is -0.450 e. The molecule has 3 nitrogen and oxygen atoms in total. The molecule has 0 spiro atoms. The summed E-state index contributed by atoms with van der Waals surface area (Å²) in [5.41, 5.74) is -0.263. The molecule has 0 radical (unpaired) electrons. The van der Waals surface area contributed by atoms with E-state index >= 15 is 0 Å². The first-order chi connectivity index (χ1) is 10.4. The van der Waals surface area contributed by atoms with E-state index in [1.807, 2.05) is 0 Å². The SMILES string of the molecule is N=CC(=O)c1ccccc1Oc1c(F)c(F)c(F)c(F)c1F. The molecule has 0 aromatic heterocycles. The van der Waals surface area contributed by atoms with Gasteiger partial charge in [-0.1, -0.05) is 12.1 Å². The van der Waals surface area contributed by atoms with Crippen molar-refractivity contribution in [2.24, 2.45) is 0 Å². The number of carbonyl (C=O) groups is 1. The molecule has 2 aromatic carbocycles. The first-order valence-electron chi connectivity index (χ1n) is 5.71. The monoisotopic (exact) mass is 315 g/mol. The van der Waals surface area contributed by atoms with Crippen molar-refractivity contribution in [3.63, 3.8) is 0 Å². The van der Waals surface area contributed by atoms with Crippen LogP contribution in [0.25, 0.3) is 0 Å². The van der Waals surface area contributed by atoms with Crippen LogP contribution >= 0.6 is 0 Å². The van der Waals surface area contributed by atoms with Crippen LogP contribution in [0.2, 0.25) is 0 Å². The van der Waals surface area contributed by atoms with Crippen LogP contribution in [0.15, 0.2) is 24.3 Å². The second-order valence-corrected chi connectivity index (χ2v) is 4.01. The van der Waals surface area contributed by atoms with Crippen molar-refractivity contribution in [1.29, 1.82) is 5.41 Å². The van der Waals surface area contributed by atoms with E-state index in [1.54, 1.807) is 0 Å². The van der Waals surface area contributed by atoms with Crippen molar-refractivity contribution in [3.8, 4) is 11.5 Å². The fourth-order valence-corrected chi connectivity index (χ4v) is 1.62. The Bertz CT molecular complexity index is 747. The molecule has 0 amide bonds. The van der Waals surface area contributed by atoms with E-state index < -0.39 is 46.4 Å². The molecule has 2 aromatic rings. The number of rotatable bonds is 4. The van der Waals surface area contributed by atoms with Crippen LogP contribution in [-0.2, 0) is 0 Å². The standard InChI is InChI=1S/C14H6F5NO2/c15-9-10(16)12(18)14(13(19)11(9)17)22-8-4-2-1-3-6(8)7(21)5-20/h1-5,20H. The maximum absolute atomic E-state index is 13.5. The zero-order valence-corrected chi connectivity index (χ0v) is 10.6. The lowest BCUT2D eigenvalue weighted by molar-refractivity contribution is 0.106. The summed E-state index contributed by atoms with van der Waals surface area (Å²) >= 11 is 0. The Hall–Kier alpha value is -2.77. The fraction of sp³-hybridized carbons (Fsp3) is 0. The number of Topliss-reactive ketones (excluding diaryl/α,β-unsaturated/α-hetero) is 1. The van der Waals surface area contributed by atoms with E-state index in [4.69, 9.17) is 5.41 Å². The summed E-state index contributed by atoms with van der Waals surface area (Å²) < 4.78 is 70.8. The lowest BCUT2D eigenvalue weighted by atomic mass is 10.1. The molecule has 0 heterocycles.